The van der Waals surface area contributed by atoms with E-state index in [1.165, 1.54) is 6.21 Å². The number of rotatable bonds is 10. The van der Waals surface area contributed by atoms with Crippen molar-refractivity contribution in [2.45, 2.75) is 26.7 Å². The topological polar surface area (TPSA) is 89.0 Å². The minimum Gasteiger partial charge on any atom is -0.494 e. The van der Waals surface area contributed by atoms with Gasteiger partial charge in [-0.15, -0.1) is 0 Å². The SMILES string of the molecule is CCOc1ccc(NC(=O)CCC(=O)N/N=C\c2ccccc2OCC)cc1. The zero-order chi connectivity index (χ0) is 20.2. The molecule has 2 N–H and O–H groups in total. The summed E-state index contributed by atoms with van der Waals surface area (Å²) < 4.78 is 10.8. The Bertz CT molecular complexity index is 804. The van der Waals surface area contributed by atoms with Crippen LogP contribution < -0.4 is 20.2 Å². The molecule has 7 nitrogen and oxygen atoms in total. The third kappa shape index (κ3) is 7.11. The Kier molecular flexibility index (Phi) is 8.52. The van der Waals surface area contributed by atoms with Crippen molar-refractivity contribution in [3.05, 3.63) is 54.1 Å². The molecule has 148 valence electrons. The molecule has 0 radical (unpaired) electrons. The van der Waals surface area contributed by atoms with Crippen molar-refractivity contribution in [3.8, 4) is 11.5 Å². The zero-order valence-corrected chi connectivity index (χ0v) is 16.1. The van der Waals surface area contributed by atoms with Gasteiger partial charge in [0.25, 0.3) is 0 Å². The zero-order valence-electron chi connectivity index (χ0n) is 16.1. The highest BCUT2D eigenvalue weighted by Crippen LogP contribution is 2.16. The van der Waals surface area contributed by atoms with E-state index >= 15 is 0 Å². The molecule has 2 aromatic rings. The smallest absolute Gasteiger partial charge is 0.240 e. The third-order valence-corrected chi connectivity index (χ3v) is 3.64. The lowest BCUT2D eigenvalue weighted by Gasteiger charge is -2.07. The van der Waals surface area contributed by atoms with Crippen molar-refractivity contribution in [2.24, 2.45) is 5.10 Å². The van der Waals surface area contributed by atoms with E-state index < -0.39 is 0 Å². The van der Waals surface area contributed by atoms with Gasteiger partial charge in [0, 0.05) is 24.1 Å². The van der Waals surface area contributed by atoms with E-state index in [1.54, 1.807) is 24.3 Å². The summed E-state index contributed by atoms with van der Waals surface area (Å²) in [6.07, 6.45) is 1.61. The number of carbonyl (C=O) groups excluding carboxylic acids is 2. The van der Waals surface area contributed by atoms with E-state index in [9.17, 15) is 9.59 Å². The molecule has 2 aromatic carbocycles. The normalized spacial score (nSPS) is 10.5. The highest BCUT2D eigenvalue weighted by Gasteiger charge is 2.07. The molecule has 0 atom stereocenters. The lowest BCUT2D eigenvalue weighted by Crippen LogP contribution is -2.20. The van der Waals surface area contributed by atoms with Gasteiger partial charge in [-0.25, -0.2) is 5.43 Å². The van der Waals surface area contributed by atoms with Crippen LogP contribution in [0.25, 0.3) is 0 Å². The van der Waals surface area contributed by atoms with E-state index in [-0.39, 0.29) is 24.7 Å². The lowest BCUT2D eigenvalue weighted by atomic mass is 10.2. The first-order valence-corrected chi connectivity index (χ1v) is 9.18. The summed E-state index contributed by atoms with van der Waals surface area (Å²) in [6.45, 7) is 4.93. The van der Waals surface area contributed by atoms with Crippen LogP contribution in [-0.2, 0) is 9.59 Å². The van der Waals surface area contributed by atoms with Crippen molar-refractivity contribution in [3.63, 3.8) is 0 Å². The fourth-order valence-corrected chi connectivity index (χ4v) is 2.36. The maximum Gasteiger partial charge on any atom is 0.240 e. The molecule has 0 aliphatic heterocycles. The molecular formula is C21H25N3O4. The average Bonchev–Trinajstić information content (AvgIpc) is 2.70. The van der Waals surface area contributed by atoms with Crippen LogP contribution in [0.3, 0.4) is 0 Å². The third-order valence-electron chi connectivity index (χ3n) is 3.64. The number of para-hydroxylation sites is 1. The van der Waals surface area contributed by atoms with Gasteiger partial charge in [0.2, 0.25) is 11.8 Å². The van der Waals surface area contributed by atoms with E-state index in [0.29, 0.717) is 24.7 Å². The second-order valence-electron chi connectivity index (χ2n) is 5.77. The second kappa shape index (κ2) is 11.4. The molecule has 0 aromatic heterocycles. The van der Waals surface area contributed by atoms with Gasteiger partial charge in [-0.1, -0.05) is 12.1 Å². The molecule has 0 unspecified atom stereocenters. The van der Waals surface area contributed by atoms with Crippen LogP contribution >= 0.6 is 0 Å². The number of hydrazone groups is 1. The van der Waals surface area contributed by atoms with Crippen molar-refractivity contribution >= 4 is 23.7 Å². The van der Waals surface area contributed by atoms with Gasteiger partial charge >= 0.3 is 0 Å². The van der Waals surface area contributed by atoms with E-state index in [1.807, 2.05) is 38.1 Å². The number of amides is 2. The second-order valence-corrected chi connectivity index (χ2v) is 5.77. The molecule has 7 heteroatoms. The molecule has 0 bridgehead atoms. The number of nitrogens with one attached hydrogen (secondary N) is 2. The summed E-state index contributed by atoms with van der Waals surface area (Å²) in [7, 11) is 0. The monoisotopic (exact) mass is 383 g/mol. The fraction of sp³-hybridized carbons (Fsp3) is 0.286. The van der Waals surface area contributed by atoms with Crippen LogP contribution in [0, 0.1) is 0 Å². The van der Waals surface area contributed by atoms with Gasteiger partial charge < -0.3 is 14.8 Å². The largest absolute Gasteiger partial charge is 0.494 e. The Hall–Kier alpha value is -3.35. The quantitative estimate of drug-likeness (QED) is 0.486. The first-order valence-electron chi connectivity index (χ1n) is 9.18. The minimum atomic E-state index is -0.341. The van der Waals surface area contributed by atoms with Crippen molar-refractivity contribution < 1.29 is 19.1 Å². The molecule has 0 aliphatic carbocycles. The first-order chi connectivity index (χ1) is 13.6. The predicted octanol–water partition coefficient (Wildman–Crippen LogP) is 3.35. The molecule has 28 heavy (non-hydrogen) atoms. The lowest BCUT2D eigenvalue weighted by molar-refractivity contribution is -0.124. The van der Waals surface area contributed by atoms with Crippen molar-refractivity contribution in [1.82, 2.24) is 5.43 Å². The number of carbonyl (C=O) groups is 2. The van der Waals surface area contributed by atoms with E-state index in [4.69, 9.17) is 9.47 Å². The Morgan fingerprint density at radius 3 is 2.32 bits per heavy atom. The van der Waals surface area contributed by atoms with Gasteiger partial charge in [0.15, 0.2) is 0 Å². The fourth-order valence-electron chi connectivity index (χ4n) is 2.36. The highest BCUT2D eigenvalue weighted by molar-refractivity contribution is 5.93. The Labute approximate surface area is 164 Å². The summed E-state index contributed by atoms with van der Waals surface area (Å²) in [5.74, 6) is 0.846. The molecule has 0 heterocycles. The predicted molar refractivity (Wildman–Crippen MR) is 109 cm³/mol. The summed E-state index contributed by atoms with van der Waals surface area (Å²) in [4.78, 5) is 23.8. The molecule has 0 spiro atoms. The van der Waals surface area contributed by atoms with Gasteiger partial charge in [0.05, 0.1) is 19.4 Å². The van der Waals surface area contributed by atoms with Crippen LogP contribution in [0.4, 0.5) is 5.69 Å². The summed E-state index contributed by atoms with van der Waals surface area (Å²) >= 11 is 0. The number of nitrogens with zero attached hydrogens (tertiary/aromatic N) is 1. The van der Waals surface area contributed by atoms with Crippen molar-refractivity contribution in [2.75, 3.05) is 18.5 Å². The molecule has 0 fully saturated rings. The van der Waals surface area contributed by atoms with Gasteiger partial charge in [-0.3, -0.25) is 9.59 Å². The molecule has 0 aliphatic rings. The van der Waals surface area contributed by atoms with Gasteiger partial charge in [0.1, 0.15) is 11.5 Å². The Morgan fingerprint density at radius 2 is 1.61 bits per heavy atom. The summed E-state index contributed by atoms with van der Waals surface area (Å²) in [5.41, 5.74) is 3.83. The number of hydrogen-bond donors (Lipinski definition) is 2. The number of anilines is 1. The standard InChI is InChI=1S/C21H25N3O4/c1-3-27-18-11-9-17(10-12-18)23-20(25)13-14-21(26)24-22-15-16-7-5-6-8-19(16)28-4-2/h5-12,15H,3-4,13-14H2,1-2H3,(H,23,25)(H,24,26)/b22-15-. The summed E-state index contributed by atoms with van der Waals surface area (Å²) in [6, 6.07) is 14.5. The van der Waals surface area contributed by atoms with Gasteiger partial charge in [-0.2, -0.15) is 5.10 Å². The van der Waals surface area contributed by atoms with Crippen molar-refractivity contribution in [1.29, 1.82) is 0 Å². The number of benzene rings is 2. The molecule has 0 saturated heterocycles. The maximum atomic E-state index is 12.0. The number of ether oxygens (including phenoxy) is 2. The average molecular weight is 383 g/mol. The van der Waals surface area contributed by atoms with E-state index in [2.05, 4.69) is 15.8 Å². The Morgan fingerprint density at radius 1 is 0.929 bits per heavy atom. The summed E-state index contributed by atoms with van der Waals surface area (Å²) in [5, 5.41) is 6.66. The first kappa shape index (κ1) is 21.0. The van der Waals surface area contributed by atoms with Crippen LogP contribution in [-0.4, -0.2) is 31.2 Å². The van der Waals surface area contributed by atoms with Gasteiger partial charge in [-0.05, 0) is 50.2 Å². The van der Waals surface area contributed by atoms with E-state index in [0.717, 1.165) is 11.3 Å². The minimum absolute atomic E-state index is 0.0350. The van der Waals surface area contributed by atoms with Crippen LogP contribution in [0.5, 0.6) is 11.5 Å². The molecular weight excluding hydrogens is 358 g/mol. The number of hydrogen-bond acceptors (Lipinski definition) is 5. The molecule has 0 saturated carbocycles. The molecule has 2 rings (SSSR count). The van der Waals surface area contributed by atoms with Crippen LogP contribution in [0.1, 0.15) is 32.3 Å². The van der Waals surface area contributed by atoms with Crippen LogP contribution in [0.15, 0.2) is 53.6 Å². The molecule has 2 amide bonds. The highest BCUT2D eigenvalue weighted by atomic mass is 16.5. The Balaban J connectivity index is 1.75. The van der Waals surface area contributed by atoms with Crippen LogP contribution in [0.2, 0.25) is 0 Å². The maximum absolute atomic E-state index is 12.0.